The number of fused-ring (bicyclic) bond motifs is 1. The fourth-order valence-corrected chi connectivity index (χ4v) is 3.24. The predicted octanol–water partition coefficient (Wildman–Crippen LogP) is 3.00. The fourth-order valence-electron chi connectivity index (χ4n) is 3.24. The van der Waals surface area contributed by atoms with Gasteiger partial charge in [-0.1, -0.05) is 31.4 Å². The Bertz CT molecular complexity index is 577. The molecule has 2 N–H and O–H groups in total. The molecule has 1 aliphatic rings. The normalized spacial score (nSPS) is 19.3. The van der Waals surface area contributed by atoms with E-state index in [-0.39, 0.29) is 5.54 Å². The molecule has 0 radical (unpaired) electrons. The summed E-state index contributed by atoms with van der Waals surface area (Å²) in [6, 6.07) is 6.36. The van der Waals surface area contributed by atoms with Gasteiger partial charge in [-0.05, 0) is 31.4 Å². The lowest BCUT2D eigenvalue weighted by Crippen LogP contribution is -2.39. The summed E-state index contributed by atoms with van der Waals surface area (Å²) in [6.45, 7) is 2.05. The highest BCUT2D eigenvalue weighted by Crippen LogP contribution is 2.38. The Labute approximate surface area is 108 Å². The minimum atomic E-state index is -0.155. The number of benzene rings is 1. The molecule has 18 heavy (non-hydrogen) atoms. The maximum atomic E-state index is 6.68. The minimum absolute atomic E-state index is 0.155. The van der Waals surface area contributed by atoms with E-state index in [4.69, 9.17) is 5.73 Å². The monoisotopic (exact) mass is 243 g/mol. The third-order valence-electron chi connectivity index (χ3n) is 4.40. The summed E-state index contributed by atoms with van der Waals surface area (Å²) in [5.41, 5.74) is 10.1. The largest absolute Gasteiger partial charge is 0.331 e. The molecule has 1 heterocycles. The molecule has 1 fully saturated rings. The van der Waals surface area contributed by atoms with Crippen LogP contribution in [0.5, 0.6) is 0 Å². The number of hydrogen-bond donors (Lipinski definition) is 1. The van der Waals surface area contributed by atoms with Crippen LogP contribution in [0.4, 0.5) is 0 Å². The topological polar surface area (TPSA) is 43.8 Å². The van der Waals surface area contributed by atoms with Gasteiger partial charge in [-0.3, -0.25) is 0 Å². The maximum Gasteiger partial charge on any atom is 0.106 e. The van der Waals surface area contributed by atoms with Crippen LogP contribution in [0.15, 0.2) is 18.2 Å². The number of aryl methyl sites for hydroxylation is 2. The molecule has 1 aromatic heterocycles. The number of nitrogens with two attached hydrogens (primary N) is 1. The van der Waals surface area contributed by atoms with E-state index in [0.29, 0.717) is 0 Å². The van der Waals surface area contributed by atoms with Crippen LogP contribution in [0.1, 0.15) is 43.5 Å². The van der Waals surface area contributed by atoms with E-state index in [1.165, 1.54) is 30.3 Å². The molecule has 96 valence electrons. The van der Waals surface area contributed by atoms with Crippen molar-refractivity contribution in [2.75, 3.05) is 0 Å². The summed E-state index contributed by atoms with van der Waals surface area (Å²) in [5, 5.41) is 0. The maximum absolute atomic E-state index is 6.68. The van der Waals surface area contributed by atoms with Gasteiger partial charge in [0.2, 0.25) is 0 Å². The summed E-state index contributed by atoms with van der Waals surface area (Å²) in [4.78, 5) is 4.61. The first-order chi connectivity index (χ1) is 8.62. The highest BCUT2D eigenvalue weighted by atomic mass is 15.1. The fraction of sp³-hybridized carbons (Fsp3) is 0.533. The van der Waals surface area contributed by atoms with Crippen LogP contribution in [0.25, 0.3) is 11.0 Å². The second-order valence-corrected chi connectivity index (χ2v) is 5.61. The SMILES string of the molecule is Cc1nc2cccc(C3(N)CCCCC3)c2n1C. The van der Waals surface area contributed by atoms with E-state index in [1.807, 2.05) is 6.92 Å². The highest BCUT2D eigenvalue weighted by molar-refractivity contribution is 5.80. The molecule has 0 bridgehead atoms. The number of hydrogen-bond acceptors (Lipinski definition) is 2. The van der Waals surface area contributed by atoms with Crippen molar-refractivity contribution in [3.05, 3.63) is 29.6 Å². The lowest BCUT2D eigenvalue weighted by atomic mass is 9.77. The van der Waals surface area contributed by atoms with E-state index in [9.17, 15) is 0 Å². The number of nitrogens with zero attached hydrogens (tertiary/aromatic N) is 2. The standard InChI is InChI=1S/C15H21N3/c1-11-17-13-8-6-7-12(14(13)18(11)2)15(16)9-4-3-5-10-15/h6-8H,3-5,9-10,16H2,1-2H3. The molecule has 1 aliphatic carbocycles. The lowest BCUT2D eigenvalue weighted by Gasteiger charge is -2.34. The second-order valence-electron chi connectivity index (χ2n) is 5.61. The molecule has 3 heteroatoms. The van der Waals surface area contributed by atoms with Gasteiger partial charge >= 0.3 is 0 Å². The van der Waals surface area contributed by atoms with Crippen LogP contribution in [0.3, 0.4) is 0 Å². The Morgan fingerprint density at radius 3 is 2.67 bits per heavy atom. The average Bonchev–Trinajstić information content (AvgIpc) is 2.66. The van der Waals surface area contributed by atoms with Crippen molar-refractivity contribution >= 4 is 11.0 Å². The molecule has 3 rings (SSSR count). The van der Waals surface area contributed by atoms with Gasteiger partial charge in [0.25, 0.3) is 0 Å². The molecule has 0 aliphatic heterocycles. The number of para-hydroxylation sites is 1. The minimum Gasteiger partial charge on any atom is -0.331 e. The second kappa shape index (κ2) is 4.09. The van der Waals surface area contributed by atoms with Gasteiger partial charge in [-0.15, -0.1) is 0 Å². The summed E-state index contributed by atoms with van der Waals surface area (Å²) < 4.78 is 2.17. The average molecular weight is 243 g/mol. The predicted molar refractivity (Wildman–Crippen MR) is 74.4 cm³/mol. The van der Waals surface area contributed by atoms with E-state index >= 15 is 0 Å². The van der Waals surface area contributed by atoms with Gasteiger partial charge < -0.3 is 10.3 Å². The zero-order valence-corrected chi connectivity index (χ0v) is 11.2. The van der Waals surface area contributed by atoms with Crippen molar-refractivity contribution in [2.24, 2.45) is 12.8 Å². The Hall–Kier alpha value is -1.35. The van der Waals surface area contributed by atoms with Crippen molar-refractivity contribution in [3.63, 3.8) is 0 Å². The molecule has 1 aromatic carbocycles. The van der Waals surface area contributed by atoms with Gasteiger partial charge in [0.1, 0.15) is 5.82 Å². The Morgan fingerprint density at radius 2 is 1.94 bits per heavy atom. The number of aromatic nitrogens is 2. The molecule has 0 unspecified atom stereocenters. The Morgan fingerprint density at radius 1 is 1.22 bits per heavy atom. The van der Waals surface area contributed by atoms with Crippen molar-refractivity contribution < 1.29 is 0 Å². The third kappa shape index (κ3) is 1.65. The van der Waals surface area contributed by atoms with Crippen molar-refractivity contribution in [2.45, 2.75) is 44.6 Å². The zero-order chi connectivity index (χ0) is 12.8. The quantitative estimate of drug-likeness (QED) is 0.836. The van der Waals surface area contributed by atoms with Crippen molar-refractivity contribution in [1.82, 2.24) is 9.55 Å². The van der Waals surface area contributed by atoms with E-state index in [1.54, 1.807) is 0 Å². The summed E-state index contributed by atoms with van der Waals surface area (Å²) in [7, 11) is 2.08. The molecular formula is C15H21N3. The first kappa shape index (κ1) is 11.7. The Balaban J connectivity index is 2.22. The van der Waals surface area contributed by atoms with Crippen LogP contribution < -0.4 is 5.73 Å². The van der Waals surface area contributed by atoms with Gasteiger partial charge in [0.05, 0.1) is 11.0 Å². The van der Waals surface area contributed by atoms with Crippen molar-refractivity contribution in [3.8, 4) is 0 Å². The molecule has 3 nitrogen and oxygen atoms in total. The smallest absolute Gasteiger partial charge is 0.106 e. The van der Waals surface area contributed by atoms with Crippen LogP contribution in [0, 0.1) is 6.92 Å². The van der Waals surface area contributed by atoms with Gasteiger partial charge in [-0.25, -0.2) is 4.98 Å². The Kier molecular flexibility index (Phi) is 2.67. The van der Waals surface area contributed by atoms with E-state index in [2.05, 4.69) is 34.8 Å². The lowest BCUT2D eigenvalue weighted by molar-refractivity contribution is 0.304. The van der Waals surface area contributed by atoms with Crippen molar-refractivity contribution in [1.29, 1.82) is 0 Å². The summed E-state index contributed by atoms with van der Waals surface area (Å²) in [6.07, 6.45) is 5.99. The van der Waals surface area contributed by atoms with Gasteiger partial charge in [-0.2, -0.15) is 0 Å². The molecule has 2 aromatic rings. The van der Waals surface area contributed by atoms with Crippen LogP contribution in [-0.2, 0) is 12.6 Å². The summed E-state index contributed by atoms with van der Waals surface area (Å²) >= 11 is 0. The van der Waals surface area contributed by atoms with E-state index < -0.39 is 0 Å². The first-order valence-corrected chi connectivity index (χ1v) is 6.83. The zero-order valence-electron chi connectivity index (χ0n) is 11.2. The van der Waals surface area contributed by atoms with Gasteiger partial charge in [0.15, 0.2) is 0 Å². The third-order valence-corrected chi connectivity index (χ3v) is 4.40. The first-order valence-electron chi connectivity index (χ1n) is 6.83. The number of imidazole rings is 1. The molecular weight excluding hydrogens is 222 g/mol. The van der Waals surface area contributed by atoms with Crippen LogP contribution in [0.2, 0.25) is 0 Å². The molecule has 1 saturated carbocycles. The van der Waals surface area contributed by atoms with Gasteiger partial charge in [0, 0.05) is 12.6 Å². The van der Waals surface area contributed by atoms with E-state index in [0.717, 1.165) is 24.2 Å². The molecule has 0 spiro atoms. The summed E-state index contributed by atoms with van der Waals surface area (Å²) in [5.74, 6) is 1.05. The number of rotatable bonds is 1. The van der Waals surface area contributed by atoms with Crippen LogP contribution >= 0.6 is 0 Å². The molecule has 0 atom stereocenters. The molecule has 0 saturated heterocycles. The molecule has 0 amide bonds. The van der Waals surface area contributed by atoms with Crippen LogP contribution in [-0.4, -0.2) is 9.55 Å². The highest BCUT2D eigenvalue weighted by Gasteiger charge is 2.31.